The van der Waals surface area contributed by atoms with E-state index in [1.807, 2.05) is 24.4 Å². The second-order valence-corrected chi connectivity index (χ2v) is 5.03. The second-order valence-electron chi connectivity index (χ2n) is 4.18. The molecule has 0 radical (unpaired) electrons. The maximum Gasteiger partial charge on any atom is 0.243 e. The second kappa shape index (κ2) is 6.29. The third-order valence-corrected chi connectivity index (χ3v) is 3.61. The number of carbonyl (C=O) groups excluding carboxylic acids is 1. The van der Waals surface area contributed by atoms with Gasteiger partial charge in [0.25, 0.3) is 0 Å². The van der Waals surface area contributed by atoms with E-state index in [-0.39, 0.29) is 5.91 Å². The van der Waals surface area contributed by atoms with Crippen LogP contribution in [0.2, 0.25) is 0 Å². The van der Waals surface area contributed by atoms with E-state index in [4.69, 9.17) is 0 Å². The number of nitrogens with zero attached hydrogens (tertiary/aromatic N) is 1. The molecule has 0 saturated carbocycles. The molecule has 1 heterocycles. The Morgan fingerprint density at radius 1 is 1.42 bits per heavy atom. The van der Waals surface area contributed by atoms with Crippen LogP contribution in [-0.4, -0.2) is 10.9 Å². The van der Waals surface area contributed by atoms with E-state index in [2.05, 4.69) is 29.4 Å². The Labute approximate surface area is 117 Å². The van der Waals surface area contributed by atoms with Crippen molar-refractivity contribution in [2.24, 2.45) is 0 Å². The van der Waals surface area contributed by atoms with E-state index in [0.29, 0.717) is 6.54 Å². The lowest BCUT2D eigenvalue weighted by Crippen LogP contribution is -2.20. The van der Waals surface area contributed by atoms with Gasteiger partial charge >= 0.3 is 0 Å². The number of thiazole rings is 1. The van der Waals surface area contributed by atoms with Crippen molar-refractivity contribution in [1.82, 2.24) is 10.3 Å². The Kier molecular flexibility index (Phi) is 4.47. The predicted molar refractivity (Wildman–Crippen MR) is 78.9 cm³/mol. The largest absolute Gasteiger partial charge is 0.347 e. The van der Waals surface area contributed by atoms with Crippen molar-refractivity contribution in [1.29, 1.82) is 0 Å². The maximum absolute atomic E-state index is 11.3. The van der Waals surface area contributed by atoms with Crippen LogP contribution < -0.4 is 5.32 Å². The van der Waals surface area contributed by atoms with Gasteiger partial charge in [-0.3, -0.25) is 4.79 Å². The minimum atomic E-state index is -0.0899. The van der Waals surface area contributed by atoms with Crippen LogP contribution in [0.1, 0.15) is 18.2 Å². The van der Waals surface area contributed by atoms with Gasteiger partial charge in [-0.25, -0.2) is 4.98 Å². The average Bonchev–Trinajstić information content (AvgIpc) is 2.86. The van der Waals surface area contributed by atoms with E-state index < -0.39 is 0 Å². The summed E-state index contributed by atoms with van der Waals surface area (Å²) in [5, 5.41) is 5.78. The predicted octanol–water partition coefficient (Wildman–Crippen LogP) is 3.31. The van der Waals surface area contributed by atoms with Crippen LogP contribution in [0, 0.1) is 6.92 Å². The summed E-state index contributed by atoms with van der Waals surface area (Å²) in [5.74, 6) is -0.0899. The van der Waals surface area contributed by atoms with Gasteiger partial charge in [0.2, 0.25) is 5.91 Å². The number of aromatic nitrogens is 1. The molecule has 0 fully saturated rings. The van der Waals surface area contributed by atoms with Crippen LogP contribution in [0.4, 0.5) is 0 Å². The van der Waals surface area contributed by atoms with Gasteiger partial charge in [0.1, 0.15) is 5.01 Å². The molecule has 0 atom stereocenters. The number of hydrogen-bond donors (Lipinski definition) is 1. The van der Waals surface area contributed by atoms with Gasteiger partial charge in [-0.2, -0.15) is 0 Å². The minimum Gasteiger partial charge on any atom is -0.347 e. The molecule has 0 aliphatic carbocycles. The molecule has 1 amide bonds. The first kappa shape index (κ1) is 13.5. The Morgan fingerprint density at radius 3 is 2.95 bits per heavy atom. The topological polar surface area (TPSA) is 42.0 Å². The summed E-state index contributed by atoms with van der Waals surface area (Å²) < 4.78 is 0. The lowest BCUT2D eigenvalue weighted by molar-refractivity contribution is -0.116. The number of nitrogens with one attached hydrogen (secondary N) is 1. The van der Waals surface area contributed by atoms with Gasteiger partial charge in [0.15, 0.2) is 0 Å². The summed E-state index contributed by atoms with van der Waals surface area (Å²) in [4.78, 5) is 15.9. The van der Waals surface area contributed by atoms with Crippen molar-refractivity contribution in [2.45, 2.75) is 20.4 Å². The number of carbonyl (C=O) groups is 1. The van der Waals surface area contributed by atoms with E-state index in [1.54, 1.807) is 17.4 Å². The highest BCUT2D eigenvalue weighted by atomic mass is 32.1. The van der Waals surface area contributed by atoms with Crippen molar-refractivity contribution in [3.8, 4) is 10.6 Å². The van der Waals surface area contributed by atoms with Gasteiger partial charge in [-0.1, -0.05) is 30.3 Å². The van der Waals surface area contributed by atoms with Crippen LogP contribution in [0.3, 0.4) is 0 Å². The Morgan fingerprint density at radius 2 is 2.21 bits per heavy atom. The lowest BCUT2D eigenvalue weighted by atomic mass is 10.1. The first-order valence-electron chi connectivity index (χ1n) is 6.11. The molecule has 4 heteroatoms. The third-order valence-electron chi connectivity index (χ3n) is 2.69. The molecule has 98 valence electrons. The first-order valence-corrected chi connectivity index (χ1v) is 6.99. The molecule has 1 aromatic heterocycles. The molecule has 1 aromatic carbocycles. The number of hydrogen-bond acceptors (Lipinski definition) is 3. The Balaban J connectivity index is 2.08. The number of rotatable bonds is 4. The summed E-state index contributed by atoms with van der Waals surface area (Å²) in [5.41, 5.74) is 3.25. The molecule has 0 bridgehead atoms. The molecule has 0 unspecified atom stereocenters. The van der Waals surface area contributed by atoms with Gasteiger partial charge < -0.3 is 5.32 Å². The Bertz CT molecular complexity index is 602. The minimum absolute atomic E-state index is 0.0899. The van der Waals surface area contributed by atoms with Gasteiger partial charge in [0.05, 0.1) is 12.2 Å². The molecule has 2 rings (SSSR count). The maximum atomic E-state index is 11.3. The fourth-order valence-electron chi connectivity index (χ4n) is 1.71. The summed E-state index contributed by atoms with van der Waals surface area (Å²) in [7, 11) is 0. The molecule has 2 aromatic rings. The number of amides is 1. The van der Waals surface area contributed by atoms with E-state index >= 15 is 0 Å². The number of allylic oxidation sites excluding steroid dienone is 1. The highest BCUT2D eigenvalue weighted by Crippen LogP contribution is 2.26. The third kappa shape index (κ3) is 3.51. The molecule has 3 nitrogen and oxygen atoms in total. The number of aryl methyl sites for hydroxylation is 1. The van der Waals surface area contributed by atoms with Crippen molar-refractivity contribution in [2.75, 3.05) is 0 Å². The summed E-state index contributed by atoms with van der Waals surface area (Å²) in [6, 6.07) is 8.17. The van der Waals surface area contributed by atoms with Crippen molar-refractivity contribution in [3.63, 3.8) is 0 Å². The molecular formula is C15H16N2OS. The van der Waals surface area contributed by atoms with Crippen molar-refractivity contribution >= 4 is 17.2 Å². The van der Waals surface area contributed by atoms with Gasteiger partial charge in [0, 0.05) is 10.9 Å². The van der Waals surface area contributed by atoms with Crippen molar-refractivity contribution in [3.05, 3.63) is 53.1 Å². The molecule has 1 N–H and O–H groups in total. The monoisotopic (exact) mass is 272 g/mol. The molecule has 19 heavy (non-hydrogen) atoms. The number of benzene rings is 1. The SMILES string of the molecule is C/C=C/C(=O)NCc1csc(-c2ccccc2C)n1. The van der Waals surface area contributed by atoms with E-state index in [1.165, 1.54) is 11.6 Å². The first-order chi connectivity index (χ1) is 9.20. The molecular weight excluding hydrogens is 256 g/mol. The van der Waals surface area contributed by atoms with Crippen molar-refractivity contribution < 1.29 is 4.79 Å². The van der Waals surface area contributed by atoms with Crippen LogP contribution in [0.25, 0.3) is 10.6 Å². The van der Waals surface area contributed by atoms with Gasteiger partial charge in [-0.05, 0) is 25.5 Å². The van der Waals surface area contributed by atoms with Crippen LogP contribution in [0.5, 0.6) is 0 Å². The standard InChI is InChI=1S/C15H16N2OS/c1-3-6-14(18)16-9-12-10-19-15(17-12)13-8-5-4-7-11(13)2/h3-8,10H,9H2,1-2H3,(H,16,18)/b6-3+. The quantitative estimate of drug-likeness (QED) is 0.868. The van der Waals surface area contributed by atoms with Gasteiger partial charge in [-0.15, -0.1) is 11.3 Å². The van der Waals surface area contributed by atoms with Crippen LogP contribution in [0.15, 0.2) is 41.8 Å². The average molecular weight is 272 g/mol. The zero-order chi connectivity index (χ0) is 13.7. The van der Waals surface area contributed by atoms with E-state index in [9.17, 15) is 4.79 Å². The molecule has 0 saturated heterocycles. The highest BCUT2D eigenvalue weighted by molar-refractivity contribution is 7.13. The smallest absolute Gasteiger partial charge is 0.243 e. The zero-order valence-electron chi connectivity index (χ0n) is 11.0. The van der Waals surface area contributed by atoms with Crippen LogP contribution in [-0.2, 0) is 11.3 Å². The fourth-order valence-corrected chi connectivity index (χ4v) is 2.62. The highest BCUT2D eigenvalue weighted by Gasteiger charge is 2.07. The zero-order valence-corrected chi connectivity index (χ0v) is 11.8. The fraction of sp³-hybridized carbons (Fsp3) is 0.200. The summed E-state index contributed by atoms with van der Waals surface area (Å²) in [6.07, 6.45) is 3.23. The molecule has 0 aliphatic rings. The van der Waals surface area contributed by atoms with Crippen LogP contribution >= 0.6 is 11.3 Å². The molecule has 0 aliphatic heterocycles. The Hall–Kier alpha value is -1.94. The lowest BCUT2D eigenvalue weighted by Gasteiger charge is -2.01. The summed E-state index contributed by atoms with van der Waals surface area (Å²) >= 11 is 1.60. The normalized spacial score (nSPS) is 10.8. The summed E-state index contributed by atoms with van der Waals surface area (Å²) in [6.45, 7) is 4.36. The van der Waals surface area contributed by atoms with E-state index in [0.717, 1.165) is 16.3 Å². The molecule has 0 spiro atoms.